The molecule has 0 saturated carbocycles. The summed E-state index contributed by atoms with van der Waals surface area (Å²) in [6, 6.07) is 7.96. The Kier molecular flexibility index (Phi) is 6.16. The van der Waals surface area contributed by atoms with Crippen molar-refractivity contribution in [3.05, 3.63) is 29.8 Å². The molecule has 0 aromatic heterocycles. The van der Waals surface area contributed by atoms with Gasteiger partial charge in [0.1, 0.15) is 5.75 Å². The molecule has 3 heteroatoms. The molecule has 0 saturated heterocycles. The van der Waals surface area contributed by atoms with Gasteiger partial charge in [-0.2, -0.15) is 0 Å². The first-order valence-electron chi connectivity index (χ1n) is 6.67. The van der Waals surface area contributed by atoms with Crippen LogP contribution in [0.3, 0.4) is 0 Å². The Morgan fingerprint density at radius 2 is 1.94 bits per heavy atom. The summed E-state index contributed by atoms with van der Waals surface area (Å²) >= 11 is 0. The molecule has 0 radical (unpaired) electrons. The minimum Gasteiger partial charge on any atom is -0.497 e. The second-order valence-corrected chi connectivity index (χ2v) is 4.62. The lowest BCUT2D eigenvalue weighted by Gasteiger charge is -2.27. The third kappa shape index (κ3) is 4.00. The Labute approximate surface area is 110 Å². The Hall–Kier alpha value is -1.06. The van der Waals surface area contributed by atoms with Gasteiger partial charge in [0.15, 0.2) is 0 Å². The minimum atomic E-state index is -0.0694. The molecule has 3 unspecified atom stereocenters. The lowest BCUT2D eigenvalue weighted by molar-refractivity contribution is -0.0198. The van der Waals surface area contributed by atoms with E-state index in [0.29, 0.717) is 0 Å². The Balaban J connectivity index is 2.93. The van der Waals surface area contributed by atoms with E-state index in [1.165, 1.54) is 0 Å². The summed E-state index contributed by atoms with van der Waals surface area (Å²) in [6.07, 6.45) is 2.01. The SMILES string of the molecule is CCC(C)OC(c1cccc(OC)c1)C(N)CC. The van der Waals surface area contributed by atoms with Crippen LogP contribution in [-0.2, 0) is 4.74 Å². The highest BCUT2D eigenvalue weighted by Gasteiger charge is 2.21. The van der Waals surface area contributed by atoms with Crippen molar-refractivity contribution in [2.24, 2.45) is 5.73 Å². The van der Waals surface area contributed by atoms with E-state index >= 15 is 0 Å². The van der Waals surface area contributed by atoms with Crippen molar-refractivity contribution < 1.29 is 9.47 Å². The molecule has 2 N–H and O–H groups in total. The van der Waals surface area contributed by atoms with Crippen molar-refractivity contribution in [3.8, 4) is 5.75 Å². The molecular weight excluding hydrogens is 226 g/mol. The number of rotatable bonds is 7. The molecule has 18 heavy (non-hydrogen) atoms. The number of hydrogen-bond acceptors (Lipinski definition) is 3. The van der Waals surface area contributed by atoms with E-state index in [9.17, 15) is 0 Å². The van der Waals surface area contributed by atoms with Gasteiger partial charge in [0.25, 0.3) is 0 Å². The van der Waals surface area contributed by atoms with E-state index in [1.807, 2.05) is 24.3 Å². The van der Waals surface area contributed by atoms with Gasteiger partial charge in [-0.15, -0.1) is 0 Å². The summed E-state index contributed by atoms with van der Waals surface area (Å²) in [6.45, 7) is 6.28. The highest BCUT2D eigenvalue weighted by atomic mass is 16.5. The third-order valence-corrected chi connectivity index (χ3v) is 3.24. The molecule has 0 aliphatic carbocycles. The average molecular weight is 251 g/mol. The molecule has 1 rings (SSSR count). The Morgan fingerprint density at radius 1 is 1.22 bits per heavy atom. The molecule has 102 valence electrons. The van der Waals surface area contributed by atoms with Crippen LogP contribution in [0.5, 0.6) is 5.75 Å². The first-order chi connectivity index (χ1) is 8.62. The highest BCUT2D eigenvalue weighted by Crippen LogP contribution is 2.27. The van der Waals surface area contributed by atoms with Crippen molar-refractivity contribution in [2.45, 2.75) is 51.9 Å². The van der Waals surface area contributed by atoms with E-state index in [4.69, 9.17) is 15.2 Å². The molecular formula is C15H25NO2. The van der Waals surface area contributed by atoms with Crippen LogP contribution in [0, 0.1) is 0 Å². The zero-order valence-corrected chi connectivity index (χ0v) is 11.8. The third-order valence-electron chi connectivity index (χ3n) is 3.24. The first-order valence-corrected chi connectivity index (χ1v) is 6.67. The van der Waals surface area contributed by atoms with Crippen LogP contribution in [0.25, 0.3) is 0 Å². The molecule has 0 bridgehead atoms. The molecule has 0 spiro atoms. The van der Waals surface area contributed by atoms with Crippen molar-refractivity contribution in [1.82, 2.24) is 0 Å². The molecule has 0 fully saturated rings. The highest BCUT2D eigenvalue weighted by molar-refractivity contribution is 5.30. The summed E-state index contributed by atoms with van der Waals surface area (Å²) in [5.41, 5.74) is 7.26. The second-order valence-electron chi connectivity index (χ2n) is 4.62. The van der Waals surface area contributed by atoms with Gasteiger partial charge in [-0.1, -0.05) is 26.0 Å². The first kappa shape index (κ1) is 15.0. The van der Waals surface area contributed by atoms with Gasteiger partial charge in [-0.3, -0.25) is 0 Å². The lowest BCUT2D eigenvalue weighted by Crippen LogP contribution is -2.31. The smallest absolute Gasteiger partial charge is 0.119 e. The van der Waals surface area contributed by atoms with Crippen molar-refractivity contribution >= 4 is 0 Å². The largest absolute Gasteiger partial charge is 0.497 e. The van der Waals surface area contributed by atoms with E-state index in [-0.39, 0.29) is 18.2 Å². The molecule has 0 heterocycles. The van der Waals surface area contributed by atoms with Crippen molar-refractivity contribution in [3.63, 3.8) is 0 Å². The van der Waals surface area contributed by atoms with Crippen LogP contribution in [0.15, 0.2) is 24.3 Å². The van der Waals surface area contributed by atoms with Gasteiger partial charge in [0, 0.05) is 6.04 Å². The predicted molar refractivity (Wildman–Crippen MR) is 74.8 cm³/mol. The molecule has 3 atom stereocenters. The van der Waals surface area contributed by atoms with Gasteiger partial charge in [0.05, 0.1) is 19.3 Å². The second kappa shape index (κ2) is 7.39. The summed E-state index contributed by atoms with van der Waals surface area (Å²) in [7, 11) is 1.67. The normalized spacial score (nSPS) is 16.1. The predicted octanol–water partition coefficient (Wildman–Crippen LogP) is 3.29. The monoisotopic (exact) mass is 251 g/mol. The zero-order chi connectivity index (χ0) is 13.5. The lowest BCUT2D eigenvalue weighted by atomic mass is 10.00. The van der Waals surface area contributed by atoms with Gasteiger partial charge < -0.3 is 15.2 Å². The number of methoxy groups -OCH3 is 1. The molecule has 1 aromatic carbocycles. The minimum absolute atomic E-state index is 0.00565. The Bertz CT molecular complexity index is 354. The quantitative estimate of drug-likeness (QED) is 0.808. The standard InChI is InChI=1S/C15H25NO2/c1-5-11(3)18-15(14(16)6-2)12-8-7-9-13(10-12)17-4/h7-11,14-15H,5-6,16H2,1-4H3. The van der Waals surface area contributed by atoms with Gasteiger partial charge >= 0.3 is 0 Å². The molecule has 0 aliphatic rings. The maximum Gasteiger partial charge on any atom is 0.119 e. The van der Waals surface area contributed by atoms with Crippen molar-refractivity contribution in [2.75, 3.05) is 7.11 Å². The molecule has 3 nitrogen and oxygen atoms in total. The maximum absolute atomic E-state index is 6.18. The fourth-order valence-electron chi connectivity index (χ4n) is 1.81. The molecule has 1 aromatic rings. The van der Waals surface area contributed by atoms with Gasteiger partial charge in [0.2, 0.25) is 0 Å². The van der Waals surface area contributed by atoms with Crippen LogP contribution in [0.4, 0.5) is 0 Å². The van der Waals surface area contributed by atoms with Crippen LogP contribution in [0.2, 0.25) is 0 Å². The number of hydrogen-bond donors (Lipinski definition) is 1. The number of ether oxygens (including phenoxy) is 2. The summed E-state index contributed by atoms with van der Waals surface area (Å²) in [5, 5.41) is 0. The van der Waals surface area contributed by atoms with Crippen LogP contribution < -0.4 is 10.5 Å². The van der Waals surface area contributed by atoms with E-state index in [2.05, 4.69) is 20.8 Å². The van der Waals surface area contributed by atoms with Crippen molar-refractivity contribution in [1.29, 1.82) is 0 Å². The van der Waals surface area contributed by atoms with Crippen LogP contribution in [0.1, 0.15) is 45.3 Å². The van der Waals surface area contributed by atoms with Gasteiger partial charge in [-0.25, -0.2) is 0 Å². The Morgan fingerprint density at radius 3 is 2.50 bits per heavy atom. The zero-order valence-electron chi connectivity index (χ0n) is 11.8. The van der Waals surface area contributed by atoms with E-state index < -0.39 is 0 Å². The molecule has 0 aliphatic heterocycles. The van der Waals surface area contributed by atoms with E-state index in [0.717, 1.165) is 24.2 Å². The van der Waals surface area contributed by atoms with Gasteiger partial charge in [-0.05, 0) is 37.5 Å². The maximum atomic E-state index is 6.18. The number of benzene rings is 1. The fourth-order valence-corrected chi connectivity index (χ4v) is 1.81. The fraction of sp³-hybridized carbons (Fsp3) is 0.600. The topological polar surface area (TPSA) is 44.5 Å². The molecule has 0 amide bonds. The summed E-state index contributed by atoms with van der Waals surface area (Å²) in [4.78, 5) is 0. The average Bonchev–Trinajstić information content (AvgIpc) is 2.43. The summed E-state index contributed by atoms with van der Waals surface area (Å²) in [5.74, 6) is 0.841. The van der Waals surface area contributed by atoms with E-state index in [1.54, 1.807) is 7.11 Å². The number of nitrogens with two attached hydrogens (primary N) is 1. The van der Waals surface area contributed by atoms with Crippen LogP contribution >= 0.6 is 0 Å². The summed E-state index contributed by atoms with van der Waals surface area (Å²) < 4.78 is 11.3. The van der Waals surface area contributed by atoms with Crippen LogP contribution in [-0.4, -0.2) is 19.3 Å².